The first-order chi connectivity index (χ1) is 13.1. The molecule has 0 saturated heterocycles. The van der Waals surface area contributed by atoms with Gasteiger partial charge in [-0.2, -0.15) is 0 Å². The van der Waals surface area contributed by atoms with E-state index in [4.69, 9.17) is 4.74 Å². The summed E-state index contributed by atoms with van der Waals surface area (Å²) in [7, 11) is 0. The Balaban J connectivity index is 1.40. The Morgan fingerprint density at radius 3 is 2.56 bits per heavy atom. The van der Waals surface area contributed by atoms with Crippen molar-refractivity contribution < 1.29 is 19.1 Å². The predicted octanol–water partition coefficient (Wildman–Crippen LogP) is 2.42. The smallest absolute Gasteiger partial charge is 0.312 e. The maximum absolute atomic E-state index is 11.8. The molecule has 0 fully saturated rings. The average Bonchev–Trinajstić information content (AvgIpc) is 3.37. The Labute approximate surface area is 163 Å². The fourth-order valence-corrected chi connectivity index (χ4v) is 3.70. The van der Waals surface area contributed by atoms with Crippen LogP contribution in [0.3, 0.4) is 0 Å². The van der Waals surface area contributed by atoms with Gasteiger partial charge in [-0.15, -0.1) is 22.7 Å². The summed E-state index contributed by atoms with van der Waals surface area (Å²) in [5.74, 6) is -1.66. The van der Waals surface area contributed by atoms with Crippen LogP contribution in [-0.4, -0.2) is 29.4 Å². The molecule has 2 N–H and O–H groups in total. The fourth-order valence-electron chi connectivity index (χ4n) is 2.07. The van der Waals surface area contributed by atoms with Crippen LogP contribution in [0.2, 0.25) is 0 Å². The molecule has 138 valence electrons. The largest absolute Gasteiger partial charge is 0.455 e. The molecule has 0 aliphatic heterocycles. The lowest BCUT2D eigenvalue weighted by atomic mass is 10.2. The predicted molar refractivity (Wildman–Crippen MR) is 102 cm³/mol. The second-order valence-corrected chi connectivity index (χ2v) is 7.13. The van der Waals surface area contributed by atoms with Gasteiger partial charge in [0, 0.05) is 10.9 Å². The highest BCUT2D eigenvalue weighted by atomic mass is 32.1. The molecule has 0 unspecified atom stereocenters. The molecular formula is C18H15N3O4S2. The number of carbonyl (C=O) groups is 3. The molecule has 0 spiro atoms. The highest BCUT2D eigenvalue weighted by molar-refractivity contribution is 7.20. The maximum atomic E-state index is 11.8. The lowest BCUT2D eigenvalue weighted by molar-refractivity contribution is -0.148. The molecule has 0 radical (unpaired) electrons. The number of rotatable bonds is 6. The van der Waals surface area contributed by atoms with Crippen LogP contribution in [0.5, 0.6) is 0 Å². The first-order valence-electron chi connectivity index (χ1n) is 7.90. The van der Waals surface area contributed by atoms with Crippen LogP contribution in [0.1, 0.15) is 16.1 Å². The van der Waals surface area contributed by atoms with Gasteiger partial charge >= 0.3 is 5.97 Å². The second-order valence-electron chi connectivity index (χ2n) is 5.33. The Hall–Kier alpha value is -3.04. The Bertz CT molecular complexity index is 923. The van der Waals surface area contributed by atoms with E-state index in [1.54, 1.807) is 47.0 Å². The molecule has 27 heavy (non-hydrogen) atoms. The first-order valence-corrected chi connectivity index (χ1v) is 9.66. The summed E-state index contributed by atoms with van der Waals surface area (Å²) >= 11 is 3.02. The summed E-state index contributed by atoms with van der Waals surface area (Å²) < 4.78 is 4.91. The van der Waals surface area contributed by atoms with Gasteiger partial charge in [-0.3, -0.25) is 25.2 Å². The minimum Gasteiger partial charge on any atom is -0.455 e. The number of aromatic nitrogens is 1. The minimum absolute atomic E-state index is 0.0223. The highest BCUT2D eigenvalue weighted by Crippen LogP contribution is 2.27. The number of amides is 2. The molecule has 3 rings (SSSR count). The molecule has 0 aliphatic rings. The molecule has 2 amide bonds. The number of thiazole rings is 1. The Kier molecular flexibility index (Phi) is 6.29. The molecular weight excluding hydrogens is 386 g/mol. The number of hydrogen-bond donors (Lipinski definition) is 2. The SMILES string of the molecule is O=C(COC(=O)Cc1csc(-c2cccs2)n1)NNC(=O)c1ccccc1. The molecule has 1 aromatic carbocycles. The van der Waals surface area contributed by atoms with E-state index in [-0.39, 0.29) is 6.42 Å². The number of nitrogens with one attached hydrogen (secondary N) is 2. The van der Waals surface area contributed by atoms with E-state index in [0.29, 0.717) is 11.3 Å². The standard InChI is InChI=1S/C18H15N3O4S2/c22-15(20-21-17(24)12-5-2-1-3-6-12)10-25-16(23)9-13-11-27-18(19-13)14-7-4-8-26-14/h1-8,11H,9-10H2,(H,20,22)(H,21,24). The summed E-state index contributed by atoms with van der Waals surface area (Å²) in [5, 5.41) is 4.59. The first kappa shape index (κ1) is 18.7. The Morgan fingerprint density at radius 2 is 1.81 bits per heavy atom. The van der Waals surface area contributed by atoms with Crippen molar-refractivity contribution in [2.75, 3.05) is 6.61 Å². The van der Waals surface area contributed by atoms with Crippen LogP contribution < -0.4 is 10.9 Å². The van der Waals surface area contributed by atoms with Crippen LogP contribution in [0, 0.1) is 0 Å². The number of nitrogens with zero attached hydrogens (tertiary/aromatic N) is 1. The molecule has 7 nitrogen and oxygen atoms in total. The number of thiophene rings is 1. The molecule has 0 aliphatic carbocycles. The molecule has 3 aromatic rings. The molecule has 0 atom stereocenters. The van der Waals surface area contributed by atoms with Gasteiger partial charge in [0.2, 0.25) is 0 Å². The number of hydrazine groups is 1. The van der Waals surface area contributed by atoms with Crippen molar-refractivity contribution in [1.29, 1.82) is 0 Å². The van der Waals surface area contributed by atoms with E-state index in [2.05, 4.69) is 15.8 Å². The summed E-state index contributed by atoms with van der Waals surface area (Å²) in [6.45, 7) is -0.490. The number of carbonyl (C=O) groups excluding carboxylic acids is 3. The van der Waals surface area contributed by atoms with Crippen LogP contribution in [0.25, 0.3) is 9.88 Å². The van der Waals surface area contributed by atoms with Gasteiger partial charge in [0.25, 0.3) is 11.8 Å². The zero-order valence-electron chi connectivity index (χ0n) is 14.0. The molecule has 0 saturated carbocycles. The third-order valence-corrected chi connectivity index (χ3v) is 5.26. The second kappa shape index (κ2) is 9.06. The van der Waals surface area contributed by atoms with Gasteiger partial charge in [0.1, 0.15) is 5.01 Å². The molecule has 2 heterocycles. The average molecular weight is 401 g/mol. The van der Waals surface area contributed by atoms with Gasteiger partial charge in [-0.25, -0.2) is 4.98 Å². The van der Waals surface area contributed by atoms with Crippen molar-refractivity contribution in [1.82, 2.24) is 15.8 Å². The van der Waals surface area contributed by atoms with Crippen LogP contribution in [0.4, 0.5) is 0 Å². The molecule has 2 aromatic heterocycles. The van der Waals surface area contributed by atoms with Gasteiger partial charge in [0.05, 0.1) is 17.0 Å². The van der Waals surface area contributed by atoms with Crippen LogP contribution in [-0.2, 0) is 20.7 Å². The van der Waals surface area contributed by atoms with E-state index < -0.39 is 24.4 Å². The van der Waals surface area contributed by atoms with E-state index in [0.717, 1.165) is 9.88 Å². The number of hydrogen-bond acceptors (Lipinski definition) is 7. The lowest BCUT2D eigenvalue weighted by Gasteiger charge is -2.07. The normalized spacial score (nSPS) is 10.2. The van der Waals surface area contributed by atoms with Crippen molar-refractivity contribution in [3.63, 3.8) is 0 Å². The summed E-state index contributed by atoms with van der Waals surface area (Å²) in [6, 6.07) is 12.3. The van der Waals surface area contributed by atoms with E-state index >= 15 is 0 Å². The van der Waals surface area contributed by atoms with E-state index in [1.807, 2.05) is 17.5 Å². The maximum Gasteiger partial charge on any atom is 0.312 e. The third kappa shape index (κ3) is 5.47. The lowest BCUT2D eigenvalue weighted by Crippen LogP contribution is -2.43. The Morgan fingerprint density at radius 1 is 1.00 bits per heavy atom. The minimum atomic E-state index is -0.634. The quantitative estimate of drug-likeness (QED) is 0.488. The summed E-state index contributed by atoms with van der Waals surface area (Å²) in [5.41, 5.74) is 5.44. The summed E-state index contributed by atoms with van der Waals surface area (Å²) in [6.07, 6.45) is -0.0223. The number of benzene rings is 1. The molecule has 0 bridgehead atoms. The van der Waals surface area contributed by atoms with Gasteiger partial charge in [-0.05, 0) is 23.6 Å². The van der Waals surface area contributed by atoms with Gasteiger partial charge < -0.3 is 4.74 Å². The third-order valence-electron chi connectivity index (χ3n) is 3.32. The van der Waals surface area contributed by atoms with Gasteiger partial charge in [0.15, 0.2) is 6.61 Å². The van der Waals surface area contributed by atoms with E-state index in [1.165, 1.54) is 11.3 Å². The van der Waals surface area contributed by atoms with Crippen molar-refractivity contribution in [3.05, 3.63) is 64.5 Å². The van der Waals surface area contributed by atoms with Gasteiger partial charge in [-0.1, -0.05) is 24.3 Å². The number of esters is 1. The monoisotopic (exact) mass is 401 g/mol. The topological polar surface area (TPSA) is 97.4 Å². The zero-order valence-corrected chi connectivity index (χ0v) is 15.6. The van der Waals surface area contributed by atoms with Crippen molar-refractivity contribution in [3.8, 4) is 9.88 Å². The van der Waals surface area contributed by atoms with Crippen LogP contribution >= 0.6 is 22.7 Å². The van der Waals surface area contributed by atoms with Crippen molar-refractivity contribution >= 4 is 40.5 Å². The van der Waals surface area contributed by atoms with E-state index in [9.17, 15) is 14.4 Å². The van der Waals surface area contributed by atoms with Crippen molar-refractivity contribution in [2.45, 2.75) is 6.42 Å². The zero-order chi connectivity index (χ0) is 19.1. The molecule has 9 heteroatoms. The number of ether oxygens (including phenoxy) is 1. The summed E-state index contributed by atoms with van der Waals surface area (Å²) in [4.78, 5) is 40.7. The highest BCUT2D eigenvalue weighted by Gasteiger charge is 2.13. The fraction of sp³-hybridized carbons (Fsp3) is 0.111. The van der Waals surface area contributed by atoms with Crippen molar-refractivity contribution in [2.24, 2.45) is 0 Å². The van der Waals surface area contributed by atoms with Crippen LogP contribution in [0.15, 0.2) is 53.2 Å².